The number of ether oxygens (including phenoxy) is 3. The summed E-state index contributed by atoms with van der Waals surface area (Å²) in [4.78, 5) is 28.4. The van der Waals surface area contributed by atoms with Gasteiger partial charge in [-0.2, -0.15) is 0 Å². The number of nitrogens with zero attached hydrogens (tertiary/aromatic N) is 1. The highest BCUT2D eigenvalue weighted by Crippen LogP contribution is 2.45. The summed E-state index contributed by atoms with van der Waals surface area (Å²) in [5.74, 6) is -1.09. The van der Waals surface area contributed by atoms with E-state index < -0.39 is 5.79 Å². The molecular weight excluding hydrogens is 402 g/mol. The fourth-order valence-corrected chi connectivity index (χ4v) is 5.53. The van der Waals surface area contributed by atoms with Gasteiger partial charge in [-0.05, 0) is 31.4 Å². The number of anilines is 1. The Bertz CT molecular complexity index is 931. The number of rotatable bonds is 5. The lowest BCUT2D eigenvalue weighted by Crippen LogP contribution is -2.36. The molecule has 2 heterocycles. The molecule has 1 amide bonds. The van der Waals surface area contributed by atoms with Crippen molar-refractivity contribution in [2.75, 3.05) is 18.1 Å². The van der Waals surface area contributed by atoms with Gasteiger partial charge in [-0.3, -0.25) is 9.69 Å². The van der Waals surface area contributed by atoms with Gasteiger partial charge in [-0.1, -0.05) is 30.3 Å². The second-order valence-corrected chi connectivity index (χ2v) is 9.10. The van der Waals surface area contributed by atoms with Gasteiger partial charge >= 0.3 is 5.97 Å². The molecule has 1 aliphatic carbocycles. The van der Waals surface area contributed by atoms with Crippen LogP contribution >= 0.6 is 11.3 Å². The van der Waals surface area contributed by atoms with E-state index in [1.165, 1.54) is 18.3 Å². The minimum atomic E-state index is -0.602. The number of fused-ring (bicyclic) bond motifs is 1. The molecule has 30 heavy (non-hydrogen) atoms. The molecule has 0 unspecified atom stereocenters. The standard InChI is InChI=1S/C23H27NO5S/c1-15(2)29-22(26)20-18-9-10-23(27-11-12-28-23)13-19(18)30-21(20)24(16(3)25)14-17-7-5-4-6-8-17/h4-8,15H,9-14H2,1-3H3. The van der Waals surface area contributed by atoms with Crippen LogP contribution in [0.25, 0.3) is 0 Å². The summed E-state index contributed by atoms with van der Waals surface area (Å²) >= 11 is 1.48. The van der Waals surface area contributed by atoms with Crippen LogP contribution < -0.4 is 4.90 Å². The molecule has 160 valence electrons. The lowest BCUT2D eigenvalue weighted by molar-refractivity contribution is -0.163. The maximum absolute atomic E-state index is 13.1. The Morgan fingerprint density at radius 3 is 2.53 bits per heavy atom. The fraction of sp³-hybridized carbons (Fsp3) is 0.478. The van der Waals surface area contributed by atoms with E-state index in [0.717, 1.165) is 16.0 Å². The van der Waals surface area contributed by atoms with Crippen LogP contribution in [0, 0.1) is 0 Å². The molecular formula is C23H27NO5S. The highest BCUT2D eigenvalue weighted by atomic mass is 32.1. The van der Waals surface area contributed by atoms with Crippen LogP contribution in [0.3, 0.4) is 0 Å². The number of hydrogen-bond donors (Lipinski definition) is 0. The highest BCUT2D eigenvalue weighted by Gasteiger charge is 2.43. The van der Waals surface area contributed by atoms with Crippen molar-refractivity contribution >= 4 is 28.2 Å². The van der Waals surface area contributed by atoms with Gasteiger partial charge in [0.15, 0.2) is 5.79 Å². The van der Waals surface area contributed by atoms with Crippen molar-refractivity contribution in [3.63, 3.8) is 0 Å². The smallest absolute Gasteiger partial charge is 0.341 e. The van der Waals surface area contributed by atoms with Crippen molar-refractivity contribution in [2.24, 2.45) is 0 Å². The maximum Gasteiger partial charge on any atom is 0.341 e. The predicted octanol–water partition coefficient (Wildman–Crippen LogP) is 4.10. The third kappa shape index (κ3) is 4.15. The normalized spacial score (nSPS) is 17.2. The Morgan fingerprint density at radius 1 is 1.20 bits per heavy atom. The van der Waals surface area contributed by atoms with Gasteiger partial charge in [-0.25, -0.2) is 4.79 Å². The SMILES string of the molecule is CC(=O)N(Cc1ccccc1)c1sc2c(c1C(=O)OC(C)C)CCC1(C2)OCCO1. The summed E-state index contributed by atoms with van der Waals surface area (Å²) in [5, 5.41) is 0.650. The summed E-state index contributed by atoms with van der Waals surface area (Å²) in [6.07, 6.45) is 1.70. The molecule has 0 atom stereocenters. The van der Waals surface area contributed by atoms with E-state index >= 15 is 0 Å². The zero-order valence-electron chi connectivity index (χ0n) is 17.6. The number of amides is 1. The molecule has 1 aromatic heterocycles. The second kappa shape index (κ2) is 8.49. The maximum atomic E-state index is 13.1. The zero-order valence-corrected chi connectivity index (χ0v) is 18.4. The van der Waals surface area contributed by atoms with E-state index in [0.29, 0.717) is 49.6 Å². The van der Waals surface area contributed by atoms with Crippen molar-refractivity contribution in [3.05, 3.63) is 51.9 Å². The predicted molar refractivity (Wildman–Crippen MR) is 115 cm³/mol. The first-order valence-corrected chi connectivity index (χ1v) is 11.2. The van der Waals surface area contributed by atoms with Crippen LogP contribution in [-0.4, -0.2) is 37.0 Å². The fourth-order valence-electron chi connectivity index (χ4n) is 4.06. The van der Waals surface area contributed by atoms with Gasteiger partial charge in [0, 0.05) is 24.6 Å². The Balaban J connectivity index is 1.76. The molecule has 0 N–H and O–H groups in total. The van der Waals surface area contributed by atoms with E-state index in [1.54, 1.807) is 4.90 Å². The molecule has 1 aliphatic heterocycles. The Hall–Kier alpha value is -2.22. The topological polar surface area (TPSA) is 65.1 Å². The molecule has 1 saturated heterocycles. The largest absolute Gasteiger partial charge is 0.459 e. The molecule has 0 bridgehead atoms. The molecule has 1 aromatic carbocycles. The molecule has 0 radical (unpaired) electrons. The van der Waals surface area contributed by atoms with E-state index in [4.69, 9.17) is 14.2 Å². The first kappa shape index (κ1) is 21.0. The Morgan fingerprint density at radius 2 is 1.90 bits per heavy atom. The molecule has 0 saturated carbocycles. The van der Waals surface area contributed by atoms with Gasteiger partial charge < -0.3 is 14.2 Å². The van der Waals surface area contributed by atoms with Gasteiger partial charge in [0.25, 0.3) is 0 Å². The minimum Gasteiger partial charge on any atom is -0.459 e. The van der Waals surface area contributed by atoms with E-state index in [9.17, 15) is 9.59 Å². The highest BCUT2D eigenvalue weighted by molar-refractivity contribution is 7.17. The number of carbonyl (C=O) groups excluding carboxylic acids is 2. The third-order valence-electron chi connectivity index (χ3n) is 5.43. The molecule has 6 nitrogen and oxygen atoms in total. The van der Waals surface area contributed by atoms with E-state index in [1.807, 2.05) is 44.2 Å². The molecule has 2 aliphatic rings. The van der Waals surface area contributed by atoms with Crippen molar-refractivity contribution < 1.29 is 23.8 Å². The number of carbonyl (C=O) groups is 2. The van der Waals surface area contributed by atoms with Crippen molar-refractivity contribution in [2.45, 2.75) is 58.5 Å². The van der Waals surface area contributed by atoms with Crippen LogP contribution in [0.5, 0.6) is 0 Å². The average molecular weight is 430 g/mol. The molecule has 1 spiro atoms. The quantitative estimate of drug-likeness (QED) is 0.670. The van der Waals surface area contributed by atoms with Gasteiger partial charge in [-0.15, -0.1) is 11.3 Å². The zero-order chi connectivity index (χ0) is 21.3. The van der Waals surface area contributed by atoms with Crippen molar-refractivity contribution in [1.29, 1.82) is 0 Å². The van der Waals surface area contributed by atoms with Crippen LogP contribution in [0.15, 0.2) is 30.3 Å². The van der Waals surface area contributed by atoms with Gasteiger partial charge in [0.1, 0.15) is 5.00 Å². The average Bonchev–Trinajstić information content (AvgIpc) is 3.30. The van der Waals surface area contributed by atoms with Gasteiger partial charge in [0.05, 0.1) is 31.4 Å². The first-order valence-electron chi connectivity index (χ1n) is 10.3. The molecule has 2 aromatic rings. The third-order valence-corrected chi connectivity index (χ3v) is 6.68. The molecule has 1 fully saturated rings. The number of thiophene rings is 1. The Labute approximate surface area is 180 Å². The van der Waals surface area contributed by atoms with E-state index in [2.05, 4.69) is 0 Å². The monoisotopic (exact) mass is 429 g/mol. The summed E-state index contributed by atoms with van der Waals surface area (Å²) < 4.78 is 17.4. The number of esters is 1. The molecule has 4 rings (SSSR count). The summed E-state index contributed by atoms with van der Waals surface area (Å²) in [5.41, 5.74) is 2.48. The van der Waals surface area contributed by atoms with Crippen LogP contribution in [0.1, 0.15) is 53.6 Å². The number of hydrogen-bond acceptors (Lipinski definition) is 6. The first-order chi connectivity index (χ1) is 14.4. The lowest BCUT2D eigenvalue weighted by Gasteiger charge is -2.31. The molecule has 7 heteroatoms. The minimum absolute atomic E-state index is 0.112. The van der Waals surface area contributed by atoms with Crippen LogP contribution in [0.4, 0.5) is 5.00 Å². The van der Waals surface area contributed by atoms with Crippen molar-refractivity contribution in [3.8, 4) is 0 Å². The number of benzene rings is 1. The summed E-state index contributed by atoms with van der Waals surface area (Å²) in [6.45, 7) is 6.77. The lowest BCUT2D eigenvalue weighted by atomic mass is 9.90. The Kier molecular flexibility index (Phi) is 5.95. The van der Waals surface area contributed by atoms with Gasteiger partial charge in [0.2, 0.25) is 5.91 Å². The summed E-state index contributed by atoms with van der Waals surface area (Å²) in [7, 11) is 0. The second-order valence-electron chi connectivity index (χ2n) is 8.01. The van der Waals surface area contributed by atoms with E-state index in [-0.39, 0.29) is 18.0 Å². The summed E-state index contributed by atoms with van der Waals surface area (Å²) in [6, 6.07) is 9.78. The van der Waals surface area contributed by atoms with Crippen LogP contribution in [-0.2, 0) is 38.4 Å². The van der Waals surface area contributed by atoms with Crippen molar-refractivity contribution in [1.82, 2.24) is 0 Å². The van der Waals surface area contributed by atoms with Crippen LogP contribution in [0.2, 0.25) is 0 Å².